The van der Waals surface area contributed by atoms with Gasteiger partial charge in [-0.25, -0.2) is 0 Å². The zero-order valence-electron chi connectivity index (χ0n) is 20.1. The first-order valence-electron chi connectivity index (χ1n) is 12.0. The van der Waals surface area contributed by atoms with E-state index in [-0.39, 0.29) is 24.6 Å². The third kappa shape index (κ3) is 4.75. The van der Waals surface area contributed by atoms with Gasteiger partial charge in [0.05, 0.1) is 12.1 Å². The number of hydrogen-bond acceptors (Lipinski definition) is 5. The summed E-state index contributed by atoms with van der Waals surface area (Å²) in [5, 5.41) is 13.3. The molecule has 0 radical (unpaired) electrons. The summed E-state index contributed by atoms with van der Waals surface area (Å²) >= 11 is 1.29. The van der Waals surface area contributed by atoms with Crippen LogP contribution in [0, 0.1) is 23.2 Å². The molecule has 190 valence electrons. The van der Waals surface area contributed by atoms with Crippen LogP contribution in [0.25, 0.3) is 11.1 Å². The standard InChI is InChI=1S/C27H24F3N5OS/c1-2-35-15-22(25(33-35)27(28,29)30)19-7-4-3-6-18(19)21-14-34(16-23-20(21)12-17(13-31)37-23)24(36)8-11-26(32)9-5-10-26/h3-4,6-7,12,15,21H,2,5,9-10,14,16,32H2,1H3/t21-/m0/s1. The van der Waals surface area contributed by atoms with Crippen molar-refractivity contribution in [3.05, 3.63) is 63.1 Å². The number of fused-ring (bicyclic) bond motifs is 1. The van der Waals surface area contributed by atoms with E-state index in [1.165, 1.54) is 22.2 Å². The van der Waals surface area contributed by atoms with Crippen LogP contribution in [-0.2, 0) is 24.1 Å². The second-order valence-electron chi connectivity index (χ2n) is 9.43. The molecule has 6 nitrogen and oxygen atoms in total. The van der Waals surface area contributed by atoms with Gasteiger partial charge in [0.1, 0.15) is 10.9 Å². The first-order chi connectivity index (χ1) is 17.6. The molecule has 1 aliphatic heterocycles. The van der Waals surface area contributed by atoms with Crippen LogP contribution >= 0.6 is 11.3 Å². The van der Waals surface area contributed by atoms with Crippen LogP contribution in [0.1, 0.15) is 58.7 Å². The number of thiophene rings is 1. The summed E-state index contributed by atoms with van der Waals surface area (Å²) in [5.41, 5.74) is 6.44. The van der Waals surface area contributed by atoms with Gasteiger partial charge in [0.25, 0.3) is 5.91 Å². The van der Waals surface area contributed by atoms with Gasteiger partial charge in [-0.15, -0.1) is 11.3 Å². The second-order valence-corrected chi connectivity index (χ2v) is 10.6. The normalized spacial score (nSPS) is 18.3. The van der Waals surface area contributed by atoms with Crippen molar-refractivity contribution in [2.45, 2.75) is 56.9 Å². The molecule has 0 saturated heterocycles. The summed E-state index contributed by atoms with van der Waals surface area (Å²) in [4.78, 5) is 16.0. The molecule has 1 fully saturated rings. The summed E-state index contributed by atoms with van der Waals surface area (Å²) < 4.78 is 43.1. The highest BCUT2D eigenvalue weighted by Gasteiger charge is 2.39. The Bertz CT molecular complexity index is 1470. The maximum Gasteiger partial charge on any atom is 0.435 e. The Morgan fingerprint density at radius 3 is 2.68 bits per heavy atom. The van der Waals surface area contributed by atoms with Crippen molar-refractivity contribution >= 4 is 17.2 Å². The number of nitrogens with two attached hydrogens (primary N) is 1. The zero-order valence-corrected chi connectivity index (χ0v) is 20.9. The smallest absolute Gasteiger partial charge is 0.326 e. The number of aromatic nitrogens is 2. The van der Waals surface area contributed by atoms with Crippen molar-refractivity contribution in [1.82, 2.24) is 14.7 Å². The Balaban J connectivity index is 1.59. The number of rotatable bonds is 3. The van der Waals surface area contributed by atoms with Crippen LogP contribution in [0.2, 0.25) is 0 Å². The fourth-order valence-corrected chi connectivity index (χ4v) is 5.91. The van der Waals surface area contributed by atoms with Crippen LogP contribution in [0.4, 0.5) is 13.2 Å². The number of hydrogen-bond donors (Lipinski definition) is 1. The minimum absolute atomic E-state index is 0.0134. The first-order valence-corrected chi connectivity index (χ1v) is 12.8. The summed E-state index contributed by atoms with van der Waals surface area (Å²) in [6.07, 6.45) is -0.749. The predicted molar refractivity (Wildman–Crippen MR) is 133 cm³/mol. The molecule has 0 spiro atoms. The Morgan fingerprint density at radius 1 is 1.27 bits per heavy atom. The van der Waals surface area contributed by atoms with Crippen molar-refractivity contribution in [1.29, 1.82) is 5.26 Å². The maximum absolute atomic E-state index is 13.9. The van der Waals surface area contributed by atoms with Gasteiger partial charge in [-0.2, -0.15) is 23.5 Å². The molecule has 1 aromatic carbocycles. The third-order valence-corrected chi connectivity index (χ3v) is 8.04. The van der Waals surface area contributed by atoms with Gasteiger partial charge in [-0.3, -0.25) is 9.48 Å². The Kier molecular flexibility index (Phi) is 6.35. The molecule has 0 unspecified atom stereocenters. The highest BCUT2D eigenvalue weighted by atomic mass is 32.1. The zero-order chi connectivity index (χ0) is 26.4. The number of benzene rings is 1. The van der Waals surface area contributed by atoms with Gasteiger partial charge >= 0.3 is 6.18 Å². The van der Waals surface area contributed by atoms with E-state index in [0.717, 1.165) is 29.7 Å². The van der Waals surface area contributed by atoms with E-state index < -0.39 is 23.3 Å². The van der Waals surface area contributed by atoms with Gasteiger partial charge < -0.3 is 10.6 Å². The largest absolute Gasteiger partial charge is 0.435 e. The molecule has 1 aliphatic carbocycles. The lowest BCUT2D eigenvalue weighted by Gasteiger charge is -2.34. The number of carbonyl (C=O) groups excluding carboxylic acids is 1. The molecular weight excluding hydrogens is 499 g/mol. The van der Waals surface area contributed by atoms with E-state index >= 15 is 0 Å². The fraction of sp³-hybridized carbons (Fsp3) is 0.370. The average molecular weight is 524 g/mol. The topological polar surface area (TPSA) is 87.9 Å². The third-order valence-electron chi connectivity index (χ3n) is 7.00. The molecular formula is C27H24F3N5OS. The molecule has 2 aromatic heterocycles. The van der Waals surface area contributed by atoms with E-state index in [0.29, 0.717) is 22.5 Å². The molecule has 2 N–H and O–H groups in total. The van der Waals surface area contributed by atoms with Crippen LogP contribution in [0.3, 0.4) is 0 Å². The lowest BCUT2D eigenvalue weighted by atomic mass is 9.78. The number of nitrogens with zero attached hydrogens (tertiary/aromatic N) is 4. The van der Waals surface area contributed by atoms with E-state index in [1.54, 1.807) is 42.2 Å². The lowest BCUT2D eigenvalue weighted by Crippen LogP contribution is -2.45. The minimum atomic E-state index is -4.63. The highest BCUT2D eigenvalue weighted by Crippen LogP contribution is 2.44. The van der Waals surface area contributed by atoms with E-state index in [9.17, 15) is 23.2 Å². The first kappa shape index (κ1) is 25.1. The molecule has 0 bridgehead atoms. The number of alkyl halides is 3. The van der Waals surface area contributed by atoms with Crippen LogP contribution in [0.15, 0.2) is 36.5 Å². The average Bonchev–Trinajstić information content (AvgIpc) is 3.49. The van der Waals surface area contributed by atoms with Crippen molar-refractivity contribution < 1.29 is 18.0 Å². The van der Waals surface area contributed by atoms with Crippen LogP contribution < -0.4 is 5.73 Å². The molecule has 37 heavy (non-hydrogen) atoms. The number of halogens is 3. The molecule has 1 saturated carbocycles. The maximum atomic E-state index is 13.9. The Hall–Kier alpha value is -3.60. The summed E-state index contributed by atoms with van der Waals surface area (Å²) in [6, 6.07) is 10.8. The van der Waals surface area contributed by atoms with E-state index in [4.69, 9.17) is 5.73 Å². The number of aryl methyl sites for hydroxylation is 1. The molecule has 3 heterocycles. The van der Waals surface area contributed by atoms with Crippen LogP contribution in [-0.4, -0.2) is 32.7 Å². The predicted octanol–water partition coefficient (Wildman–Crippen LogP) is 4.88. The molecule has 1 atom stereocenters. The minimum Gasteiger partial charge on any atom is -0.326 e. The van der Waals surface area contributed by atoms with Crippen molar-refractivity contribution in [3.8, 4) is 29.0 Å². The number of nitriles is 1. The van der Waals surface area contributed by atoms with Crippen molar-refractivity contribution in [2.24, 2.45) is 5.73 Å². The van der Waals surface area contributed by atoms with Crippen LogP contribution in [0.5, 0.6) is 0 Å². The van der Waals surface area contributed by atoms with Gasteiger partial charge in [0, 0.05) is 35.6 Å². The fourth-order valence-electron chi connectivity index (χ4n) is 4.87. The highest BCUT2D eigenvalue weighted by molar-refractivity contribution is 7.12. The summed E-state index contributed by atoms with van der Waals surface area (Å²) in [7, 11) is 0. The monoisotopic (exact) mass is 523 g/mol. The molecule has 1 amide bonds. The van der Waals surface area contributed by atoms with Gasteiger partial charge in [0.15, 0.2) is 5.69 Å². The molecule has 10 heteroatoms. The van der Waals surface area contributed by atoms with E-state index in [2.05, 4.69) is 23.0 Å². The number of carbonyl (C=O) groups is 1. The molecule has 3 aromatic rings. The van der Waals surface area contributed by atoms with Gasteiger partial charge in [0.2, 0.25) is 0 Å². The van der Waals surface area contributed by atoms with Gasteiger partial charge in [-0.1, -0.05) is 30.2 Å². The Labute approximate surface area is 216 Å². The van der Waals surface area contributed by atoms with Crippen molar-refractivity contribution in [2.75, 3.05) is 6.54 Å². The quantitative estimate of drug-likeness (QED) is 0.496. The number of amides is 1. The van der Waals surface area contributed by atoms with Gasteiger partial charge in [-0.05, 0) is 54.9 Å². The summed E-state index contributed by atoms with van der Waals surface area (Å²) in [5.74, 6) is 4.78. The molecule has 2 aliphatic rings. The molecule has 5 rings (SSSR count). The summed E-state index contributed by atoms with van der Waals surface area (Å²) in [6.45, 7) is 2.52. The second kappa shape index (κ2) is 9.37. The Morgan fingerprint density at radius 2 is 2.03 bits per heavy atom. The van der Waals surface area contributed by atoms with E-state index in [1.807, 2.05) is 0 Å². The van der Waals surface area contributed by atoms with Crippen molar-refractivity contribution in [3.63, 3.8) is 0 Å². The SMILES string of the molecule is CCn1cc(-c2ccccc2[C@@H]2CN(C(=O)C#CC3(N)CCC3)Cc3sc(C#N)cc32)c(C(F)(F)F)n1. The lowest BCUT2D eigenvalue weighted by molar-refractivity contribution is -0.141.